The molecule has 128 valence electrons. The molecular formula is C16H24Cl2N4O. The first-order valence-electron chi connectivity index (χ1n) is 7.80. The quantitative estimate of drug-likeness (QED) is 0.627. The average molecular weight is 359 g/mol. The molecule has 0 aliphatic carbocycles. The zero-order chi connectivity index (χ0) is 16.8. The van der Waals surface area contributed by atoms with Crippen LogP contribution in [0.5, 0.6) is 0 Å². The minimum Gasteiger partial charge on any atom is -0.379 e. The van der Waals surface area contributed by atoms with Crippen LogP contribution in [0.2, 0.25) is 10.0 Å². The number of hydrogen-bond acceptors (Lipinski definition) is 3. The van der Waals surface area contributed by atoms with Crippen LogP contribution < -0.4 is 11.1 Å². The molecule has 1 heterocycles. The summed E-state index contributed by atoms with van der Waals surface area (Å²) in [6.07, 6.45) is 0. The Morgan fingerprint density at radius 3 is 3.00 bits per heavy atom. The van der Waals surface area contributed by atoms with Crippen LogP contribution in [0, 0.1) is 0 Å². The van der Waals surface area contributed by atoms with E-state index in [-0.39, 0.29) is 6.04 Å². The van der Waals surface area contributed by atoms with Gasteiger partial charge in [-0.2, -0.15) is 0 Å². The van der Waals surface area contributed by atoms with E-state index in [0.717, 1.165) is 31.9 Å². The van der Waals surface area contributed by atoms with Gasteiger partial charge in [-0.25, -0.2) is 0 Å². The molecule has 0 radical (unpaired) electrons. The third kappa shape index (κ3) is 5.53. The Labute approximate surface area is 147 Å². The van der Waals surface area contributed by atoms with Gasteiger partial charge >= 0.3 is 0 Å². The molecular weight excluding hydrogens is 335 g/mol. The Morgan fingerprint density at radius 1 is 1.52 bits per heavy atom. The molecule has 0 aromatic heterocycles. The molecule has 23 heavy (non-hydrogen) atoms. The number of guanidine groups is 1. The summed E-state index contributed by atoms with van der Waals surface area (Å²) in [5.74, 6) is 0.421. The first-order valence-corrected chi connectivity index (χ1v) is 8.56. The smallest absolute Gasteiger partial charge is 0.189 e. The highest BCUT2D eigenvalue weighted by atomic mass is 35.5. The third-order valence-corrected chi connectivity index (χ3v) is 4.53. The van der Waals surface area contributed by atoms with Crippen LogP contribution in [-0.2, 0) is 4.74 Å². The van der Waals surface area contributed by atoms with Crippen molar-refractivity contribution in [1.82, 2.24) is 10.2 Å². The second-order valence-corrected chi connectivity index (χ2v) is 6.60. The average Bonchev–Trinajstić information content (AvgIpc) is 2.49. The Hall–Kier alpha value is -1.01. The van der Waals surface area contributed by atoms with Gasteiger partial charge in [0.1, 0.15) is 0 Å². The molecule has 7 heteroatoms. The monoisotopic (exact) mass is 358 g/mol. The lowest BCUT2D eigenvalue weighted by Gasteiger charge is -2.32. The molecule has 2 unspecified atom stereocenters. The second-order valence-electron chi connectivity index (χ2n) is 5.76. The van der Waals surface area contributed by atoms with Crippen LogP contribution in [0.15, 0.2) is 23.2 Å². The normalized spacial score (nSPS) is 21.2. The maximum atomic E-state index is 6.21. The van der Waals surface area contributed by atoms with Gasteiger partial charge < -0.3 is 15.8 Å². The fourth-order valence-electron chi connectivity index (χ4n) is 2.59. The first kappa shape index (κ1) is 18.3. The molecule has 5 nitrogen and oxygen atoms in total. The largest absolute Gasteiger partial charge is 0.379 e. The van der Waals surface area contributed by atoms with Crippen LogP contribution in [0.3, 0.4) is 0 Å². The first-order chi connectivity index (χ1) is 11.0. The summed E-state index contributed by atoms with van der Waals surface area (Å²) in [5.41, 5.74) is 6.91. The number of nitrogens with zero attached hydrogens (tertiary/aromatic N) is 2. The zero-order valence-corrected chi connectivity index (χ0v) is 15.1. The van der Waals surface area contributed by atoms with E-state index in [1.165, 1.54) is 0 Å². The van der Waals surface area contributed by atoms with Gasteiger partial charge in [-0.3, -0.25) is 9.89 Å². The zero-order valence-electron chi connectivity index (χ0n) is 13.6. The highest BCUT2D eigenvalue weighted by Gasteiger charge is 2.17. The maximum Gasteiger partial charge on any atom is 0.189 e. The summed E-state index contributed by atoms with van der Waals surface area (Å²) in [5, 5.41) is 4.40. The van der Waals surface area contributed by atoms with Crippen molar-refractivity contribution in [3.05, 3.63) is 33.8 Å². The predicted octanol–water partition coefficient (Wildman–Crippen LogP) is 2.68. The standard InChI is InChI=1S/C16H24Cl2N4O/c1-11-10-23-8-7-22(11)6-5-20-16(19)21-12(2)14-4-3-13(17)9-15(14)18/h3-4,9,11-12H,5-8,10H2,1-2H3,(H3,19,20,21). The molecule has 2 rings (SSSR count). The Bertz CT molecular complexity index is 553. The Balaban J connectivity index is 1.84. The molecule has 1 aromatic carbocycles. The molecule has 1 aliphatic heterocycles. The lowest BCUT2D eigenvalue weighted by atomic mass is 10.1. The molecule has 0 saturated carbocycles. The number of hydrogen-bond donors (Lipinski definition) is 2. The molecule has 0 bridgehead atoms. The number of benzene rings is 1. The van der Waals surface area contributed by atoms with Gasteiger partial charge in [0, 0.05) is 29.2 Å². The number of halogens is 2. The number of rotatable bonds is 5. The van der Waals surface area contributed by atoms with Crippen molar-refractivity contribution in [1.29, 1.82) is 0 Å². The van der Waals surface area contributed by atoms with Crippen molar-refractivity contribution >= 4 is 29.2 Å². The van der Waals surface area contributed by atoms with Crippen LogP contribution >= 0.6 is 23.2 Å². The highest BCUT2D eigenvalue weighted by molar-refractivity contribution is 6.35. The molecule has 3 N–H and O–H groups in total. The van der Waals surface area contributed by atoms with E-state index in [1.807, 2.05) is 19.1 Å². The Kier molecular flexibility index (Phi) is 6.96. The number of nitrogens with two attached hydrogens (primary N) is 1. The highest BCUT2D eigenvalue weighted by Crippen LogP contribution is 2.25. The fourth-order valence-corrected chi connectivity index (χ4v) is 3.16. The minimum atomic E-state index is -0.0363. The van der Waals surface area contributed by atoms with Crippen LogP contribution in [-0.4, -0.2) is 49.7 Å². The second kappa shape index (κ2) is 8.73. The Morgan fingerprint density at radius 2 is 2.30 bits per heavy atom. The van der Waals surface area contributed by atoms with Gasteiger partial charge in [-0.1, -0.05) is 29.3 Å². The minimum absolute atomic E-state index is 0.0363. The van der Waals surface area contributed by atoms with Crippen LogP contribution in [0.4, 0.5) is 0 Å². The molecule has 1 aromatic rings. The molecule has 1 fully saturated rings. The summed E-state index contributed by atoms with van der Waals surface area (Å²) < 4.78 is 5.42. The van der Waals surface area contributed by atoms with Crippen LogP contribution in [0.25, 0.3) is 0 Å². The van der Waals surface area contributed by atoms with Crippen LogP contribution in [0.1, 0.15) is 25.5 Å². The number of aliphatic imine (C=N–C) groups is 1. The van der Waals surface area contributed by atoms with Crippen molar-refractivity contribution in [3.63, 3.8) is 0 Å². The topological polar surface area (TPSA) is 62.9 Å². The van der Waals surface area contributed by atoms with E-state index < -0.39 is 0 Å². The molecule has 1 aliphatic rings. The van der Waals surface area contributed by atoms with Crippen molar-refractivity contribution in [2.75, 3.05) is 32.8 Å². The predicted molar refractivity (Wildman–Crippen MR) is 96.4 cm³/mol. The van der Waals surface area contributed by atoms with E-state index >= 15 is 0 Å². The summed E-state index contributed by atoms with van der Waals surface area (Å²) in [6, 6.07) is 5.83. The third-order valence-electron chi connectivity index (χ3n) is 3.97. The van der Waals surface area contributed by atoms with Crippen molar-refractivity contribution in [3.8, 4) is 0 Å². The van der Waals surface area contributed by atoms with E-state index in [9.17, 15) is 0 Å². The SMILES string of the molecule is CC(NC(N)=NCCN1CCOCC1C)c1ccc(Cl)cc1Cl. The van der Waals surface area contributed by atoms with Gasteiger partial charge in [0.15, 0.2) is 5.96 Å². The van der Waals surface area contributed by atoms with Gasteiger partial charge in [0.05, 0.1) is 25.8 Å². The summed E-state index contributed by atoms with van der Waals surface area (Å²) in [4.78, 5) is 6.76. The lowest BCUT2D eigenvalue weighted by molar-refractivity contribution is 0.00141. The summed E-state index contributed by atoms with van der Waals surface area (Å²) in [6.45, 7) is 8.20. The van der Waals surface area contributed by atoms with Gasteiger partial charge in [0.2, 0.25) is 0 Å². The molecule has 2 atom stereocenters. The van der Waals surface area contributed by atoms with E-state index in [2.05, 4.69) is 22.1 Å². The van der Waals surface area contributed by atoms with Crippen molar-refractivity contribution < 1.29 is 4.74 Å². The molecule has 1 saturated heterocycles. The van der Waals surface area contributed by atoms with Gasteiger partial charge in [-0.05, 0) is 31.5 Å². The van der Waals surface area contributed by atoms with Crippen molar-refractivity contribution in [2.24, 2.45) is 10.7 Å². The van der Waals surface area contributed by atoms with Gasteiger partial charge in [-0.15, -0.1) is 0 Å². The number of nitrogens with one attached hydrogen (secondary N) is 1. The summed E-state index contributed by atoms with van der Waals surface area (Å²) >= 11 is 12.1. The van der Waals surface area contributed by atoms with E-state index in [4.69, 9.17) is 33.7 Å². The van der Waals surface area contributed by atoms with Crippen molar-refractivity contribution in [2.45, 2.75) is 25.9 Å². The number of morpholine rings is 1. The maximum absolute atomic E-state index is 6.21. The molecule has 0 spiro atoms. The summed E-state index contributed by atoms with van der Waals surface area (Å²) in [7, 11) is 0. The number of ether oxygens (including phenoxy) is 1. The lowest BCUT2D eigenvalue weighted by Crippen LogP contribution is -2.45. The molecule has 0 amide bonds. The van der Waals surface area contributed by atoms with E-state index in [1.54, 1.807) is 6.07 Å². The fraction of sp³-hybridized carbons (Fsp3) is 0.562. The van der Waals surface area contributed by atoms with E-state index in [0.29, 0.717) is 28.6 Å². The van der Waals surface area contributed by atoms with Gasteiger partial charge in [0.25, 0.3) is 0 Å².